The molecule has 1 N–H and O–H groups in total. The molecule has 0 radical (unpaired) electrons. The summed E-state index contributed by atoms with van der Waals surface area (Å²) in [6.45, 7) is -0.0547. The van der Waals surface area contributed by atoms with Crippen molar-refractivity contribution in [3.63, 3.8) is 0 Å². The molecule has 2 nitrogen and oxygen atoms in total. The molecule has 0 saturated heterocycles. The zero-order chi connectivity index (χ0) is 8.81. The standard InChI is InChI=1S/C9H9FO2/c10-12-7-1-2-8-3-5-9(11)6-4-8/h1-6,11H,7H2/b2-1+. The van der Waals surface area contributed by atoms with E-state index in [0.29, 0.717) is 0 Å². The van der Waals surface area contributed by atoms with Crippen molar-refractivity contribution in [1.29, 1.82) is 0 Å². The SMILES string of the molecule is Oc1ccc(/C=C/COF)cc1. The molecule has 0 saturated carbocycles. The zero-order valence-electron chi connectivity index (χ0n) is 6.40. The van der Waals surface area contributed by atoms with Crippen molar-refractivity contribution in [2.75, 3.05) is 6.61 Å². The van der Waals surface area contributed by atoms with Crippen LogP contribution in [-0.2, 0) is 4.94 Å². The van der Waals surface area contributed by atoms with E-state index < -0.39 is 0 Å². The lowest BCUT2D eigenvalue weighted by Crippen LogP contribution is -1.76. The molecule has 0 aliphatic carbocycles. The second kappa shape index (κ2) is 4.51. The van der Waals surface area contributed by atoms with E-state index >= 15 is 0 Å². The van der Waals surface area contributed by atoms with E-state index in [4.69, 9.17) is 5.11 Å². The van der Waals surface area contributed by atoms with Gasteiger partial charge in [0.05, 0.1) is 0 Å². The number of phenolic OH excluding ortho intramolecular Hbond substituents is 1. The Kier molecular flexibility index (Phi) is 3.29. The first-order valence-electron chi connectivity index (χ1n) is 3.52. The third-order valence-electron chi connectivity index (χ3n) is 1.36. The Bertz CT molecular complexity index is 254. The lowest BCUT2D eigenvalue weighted by atomic mass is 10.2. The molecule has 0 spiro atoms. The number of rotatable bonds is 3. The molecule has 0 aliphatic rings. The lowest BCUT2D eigenvalue weighted by molar-refractivity contribution is -0.117. The Balaban J connectivity index is 2.58. The van der Waals surface area contributed by atoms with E-state index in [1.165, 1.54) is 0 Å². The Morgan fingerprint density at radius 1 is 1.33 bits per heavy atom. The molecule has 0 aromatic heterocycles. The average Bonchev–Trinajstić information content (AvgIpc) is 2.09. The Labute approximate surface area is 69.8 Å². The quantitative estimate of drug-likeness (QED) is 0.750. The fourth-order valence-corrected chi connectivity index (χ4v) is 0.806. The summed E-state index contributed by atoms with van der Waals surface area (Å²) in [6, 6.07) is 6.58. The van der Waals surface area contributed by atoms with Crippen LogP contribution < -0.4 is 0 Å². The van der Waals surface area contributed by atoms with E-state index in [1.54, 1.807) is 36.4 Å². The highest BCUT2D eigenvalue weighted by atomic mass is 19.3. The summed E-state index contributed by atoms with van der Waals surface area (Å²) >= 11 is 0. The van der Waals surface area contributed by atoms with Crippen LogP contribution in [0.15, 0.2) is 30.3 Å². The summed E-state index contributed by atoms with van der Waals surface area (Å²) in [5.41, 5.74) is 0.893. The molecule has 3 heteroatoms. The third kappa shape index (κ3) is 2.72. The number of halogens is 1. The van der Waals surface area contributed by atoms with Crippen LogP contribution in [0, 0.1) is 0 Å². The van der Waals surface area contributed by atoms with Crippen LogP contribution in [-0.4, -0.2) is 11.7 Å². The molecule has 0 bridgehead atoms. The number of hydrogen-bond donors (Lipinski definition) is 1. The van der Waals surface area contributed by atoms with Gasteiger partial charge in [-0.15, -0.1) is 0 Å². The van der Waals surface area contributed by atoms with Gasteiger partial charge >= 0.3 is 0 Å². The van der Waals surface area contributed by atoms with Crippen molar-refractivity contribution < 1.29 is 14.6 Å². The zero-order valence-corrected chi connectivity index (χ0v) is 6.40. The first-order chi connectivity index (χ1) is 5.83. The summed E-state index contributed by atoms with van der Waals surface area (Å²) in [7, 11) is 0. The second-order valence-electron chi connectivity index (χ2n) is 2.27. The molecule has 0 heterocycles. The van der Waals surface area contributed by atoms with Gasteiger partial charge < -0.3 is 5.11 Å². The monoisotopic (exact) mass is 168 g/mol. The molecule has 1 aromatic rings. The molecule has 64 valence electrons. The minimum absolute atomic E-state index is 0.0547. The van der Waals surface area contributed by atoms with Gasteiger partial charge in [-0.2, -0.15) is 4.94 Å². The predicted octanol–water partition coefficient (Wildman–Crippen LogP) is 2.31. The van der Waals surface area contributed by atoms with Crippen LogP contribution in [0.5, 0.6) is 5.75 Å². The number of aromatic hydroxyl groups is 1. The van der Waals surface area contributed by atoms with Crippen molar-refractivity contribution in [1.82, 2.24) is 0 Å². The van der Waals surface area contributed by atoms with Crippen LogP contribution in [0.2, 0.25) is 0 Å². The van der Waals surface area contributed by atoms with Gasteiger partial charge in [0, 0.05) is 0 Å². The lowest BCUT2D eigenvalue weighted by Gasteiger charge is -1.92. The third-order valence-corrected chi connectivity index (χ3v) is 1.36. The maximum absolute atomic E-state index is 11.2. The number of hydrogen-bond acceptors (Lipinski definition) is 2. The topological polar surface area (TPSA) is 29.5 Å². The highest BCUT2D eigenvalue weighted by molar-refractivity contribution is 5.50. The van der Waals surface area contributed by atoms with E-state index in [0.717, 1.165) is 5.56 Å². The molecule has 0 unspecified atom stereocenters. The summed E-state index contributed by atoms with van der Waals surface area (Å²) < 4.78 is 11.2. The molecule has 0 atom stereocenters. The molecule has 0 amide bonds. The van der Waals surface area contributed by atoms with Crippen molar-refractivity contribution in [3.05, 3.63) is 35.9 Å². The van der Waals surface area contributed by atoms with Crippen LogP contribution in [0.3, 0.4) is 0 Å². The smallest absolute Gasteiger partial charge is 0.115 e. The van der Waals surface area contributed by atoms with Gasteiger partial charge in [0.1, 0.15) is 12.4 Å². The van der Waals surface area contributed by atoms with Gasteiger partial charge in [-0.25, -0.2) is 0 Å². The van der Waals surface area contributed by atoms with Crippen molar-refractivity contribution in [2.45, 2.75) is 0 Å². The largest absolute Gasteiger partial charge is 0.508 e. The van der Waals surface area contributed by atoms with Gasteiger partial charge in [-0.1, -0.05) is 24.3 Å². The van der Waals surface area contributed by atoms with Crippen LogP contribution in [0.1, 0.15) is 5.56 Å². The number of phenols is 1. The minimum atomic E-state index is -0.0547. The van der Waals surface area contributed by atoms with E-state index in [9.17, 15) is 4.53 Å². The molecular weight excluding hydrogens is 159 g/mol. The molecule has 1 aromatic carbocycles. The normalized spacial score (nSPS) is 10.8. The average molecular weight is 168 g/mol. The van der Waals surface area contributed by atoms with E-state index in [1.807, 2.05) is 0 Å². The van der Waals surface area contributed by atoms with Crippen molar-refractivity contribution >= 4 is 6.08 Å². The van der Waals surface area contributed by atoms with Gasteiger partial charge in [-0.05, 0) is 22.2 Å². The van der Waals surface area contributed by atoms with Crippen LogP contribution in [0.4, 0.5) is 4.53 Å². The van der Waals surface area contributed by atoms with Crippen molar-refractivity contribution in [2.24, 2.45) is 0 Å². The van der Waals surface area contributed by atoms with Crippen LogP contribution in [0.25, 0.3) is 6.08 Å². The van der Waals surface area contributed by atoms with Gasteiger partial charge in [0.15, 0.2) is 0 Å². The maximum atomic E-state index is 11.2. The summed E-state index contributed by atoms with van der Waals surface area (Å²) in [5, 5.41) is 8.92. The highest BCUT2D eigenvalue weighted by Gasteiger charge is 1.86. The Morgan fingerprint density at radius 3 is 2.58 bits per heavy atom. The van der Waals surface area contributed by atoms with Gasteiger partial charge in [0.2, 0.25) is 0 Å². The highest BCUT2D eigenvalue weighted by Crippen LogP contribution is 2.10. The van der Waals surface area contributed by atoms with Gasteiger partial charge in [-0.3, -0.25) is 0 Å². The maximum Gasteiger partial charge on any atom is 0.115 e. The first-order valence-corrected chi connectivity index (χ1v) is 3.52. The van der Waals surface area contributed by atoms with Gasteiger partial charge in [0.25, 0.3) is 0 Å². The van der Waals surface area contributed by atoms with E-state index in [-0.39, 0.29) is 12.4 Å². The van der Waals surface area contributed by atoms with Crippen molar-refractivity contribution in [3.8, 4) is 5.75 Å². The van der Waals surface area contributed by atoms with Crippen LogP contribution >= 0.6 is 0 Å². The Morgan fingerprint density at radius 2 is 2.00 bits per heavy atom. The first kappa shape index (κ1) is 8.74. The summed E-state index contributed by atoms with van der Waals surface area (Å²) in [5.74, 6) is 0.217. The number of benzene rings is 1. The summed E-state index contributed by atoms with van der Waals surface area (Å²) in [6.07, 6.45) is 3.26. The molecule has 12 heavy (non-hydrogen) atoms. The molecule has 0 aliphatic heterocycles. The summed E-state index contributed by atoms with van der Waals surface area (Å²) in [4.78, 5) is 3.35. The Hall–Kier alpha value is -1.35. The fraction of sp³-hybridized carbons (Fsp3) is 0.111. The van der Waals surface area contributed by atoms with E-state index in [2.05, 4.69) is 4.94 Å². The predicted molar refractivity (Wildman–Crippen MR) is 44.2 cm³/mol. The fourth-order valence-electron chi connectivity index (χ4n) is 0.806. The molecule has 1 rings (SSSR count). The molecular formula is C9H9FO2. The minimum Gasteiger partial charge on any atom is -0.508 e. The second-order valence-corrected chi connectivity index (χ2v) is 2.27. The molecule has 0 fully saturated rings.